The highest BCUT2D eigenvalue weighted by Gasteiger charge is 2.41. The van der Waals surface area contributed by atoms with Crippen LogP contribution >= 0.6 is 11.6 Å². The summed E-state index contributed by atoms with van der Waals surface area (Å²) in [5.74, 6) is -3.14. The van der Waals surface area contributed by atoms with Gasteiger partial charge in [0.15, 0.2) is 0 Å². The quantitative estimate of drug-likeness (QED) is 0.234. The summed E-state index contributed by atoms with van der Waals surface area (Å²) in [6.07, 6.45) is -0.155. The van der Waals surface area contributed by atoms with E-state index in [0.717, 1.165) is 11.2 Å². The number of methoxy groups -OCH3 is 1. The molecule has 0 aliphatic carbocycles. The molecule has 2 aromatic carbocycles. The van der Waals surface area contributed by atoms with Crippen molar-refractivity contribution in [3.63, 3.8) is 0 Å². The molecule has 0 bridgehead atoms. The molecule has 0 aliphatic rings. The maximum Gasteiger partial charge on any atom is 0.439 e. The first-order valence-electron chi connectivity index (χ1n) is 11.8. The van der Waals surface area contributed by atoms with Gasteiger partial charge in [0.25, 0.3) is 11.8 Å². The Morgan fingerprint density at radius 3 is 1.93 bits per heavy atom. The molecule has 0 N–H and O–H groups in total. The summed E-state index contributed by atoms with van der Waals surface area (Å²) in [6, 6.07) is 16.3. The van der Waals surface area contributed by atoms with Crippen LogP contribution < -0.4 is 0 Å². The van der Waals surface area contributed by atoms with E-state index < -0.39 is 42.2 Å². The number of hydrazine groups is 1. The summed E-state index contributed by atoms with van der Waals surface area (Å²) in [5, 5.41) is 1.88. The van der Waals surface area contributed by atoms with Crippen molar-refractivity contribution in [2.75, 3.05) is 13.9 Å². The molecule has 0 unspecified atom stereocenters. The van der Waals surface area contributed by atoms with Crippen LogP contribution in [0, 0.1) is 0 Å². The van der Waals surface area contributed by atoms with Crippen molar-refractivity contribution in [1.29, 1.82) is 0 Å². The van der Waals surface area contributed by atoms with Gasteiger partial charge in [-0.05, 0) is 69.3 Å². The van der Waals surface area contributed by atoms with Gasteiger partial charge in [-0.2, -0.15) is 0 Å². The van der Waals surface area contributed by atoms with Crippen LogP contribution in [0.2, 0.25) is 5.02 Å². The third kappa shape index (κ3) is 7.20. The Balaban J connectivity index is 1.85. The molecule has 11 nitrogen and oxygen atoms in total. The Morgan fingerprint density at radius 2 is 1.38 bits per heavy atom. The van der Waals surface area contributed by atoms with Crippen LogP contribution in [0.25, 0.3) is 0 Å². The minimum Gasteiger partial charge on any atom is -0.465 e. The highest BCUT2D eigenvalue weighted by molar-refractivity contribution is 6.30. The number of halogens is 1. The summed E-state index contributed by atoms with van der Waals surface area (Å²) in [7, 11) is 1.20. The fraction of sp³-hybridized carbons (Fsp3) is 0.214. The zero-order valence-electron chi connectivity index (χ0n) is 22.1. The Bertz CT molecular complexity index is 1390. The second-order valence-corrected chi connectivity index (χ2v) is 9.60. The summed E-state index contributed by atoms with van der Waals surface area (Å²) in [6.45, 7) is 3.99. The fourth-order valence-corrected chi connectivity index (χ4v) is 3.52. The van der Waals surface area contributed by atoms with E-state index in [-0.39, 0.29) is 22.4 Å². The second kappa shape index (κ2) is 12.9. The molecule has 40 heavy (non-hydrogen) atoms. The largest absolute Gasteiger partial charge is 0.465 e. The number of amides is 3. The summed E-state index contributed by atoms with van der Waals surface area (Å²) < 4.78 is 14.6. The van der Waals surface area contributed by atoms with Crippen LogP contribution in [0.3, 0.4) is 0 Å². The van der Waals surface area contributed by atoms with Gasteiger partial charge in [0, 0.05) is 22.3 Å². The second-order valence-electron chi connectivity index (χ2n) is 9.16. The normalized spacial score (nSPS) is 10.7. The van der Waals surface area contributed by atoms with Crippen LogP contribution in [-0.2, 0) is 14.2 Å². The van der Waals surface area contributed by atoms with Crippen LogP contribution in [0.15, 0.2) is 72.9 Å². The van der Waals surface area contributed by atoms with E-state index in [1.807, 2.05) is 0 Å². The molecule has 0 spiro atoms. The van der Waals surface area contributed by atoms with Gasteiger partial charge in [0.05, 0.1) is 18.2 Å². The Morgan fingerprint density at radius 1 is 0.775 bits per heavy atom. The zero-order valence-corrected chi connectivity index (χ0v) is 22.9. The van der Waals surface area contributed by atoms with Crippen LogP contribution in [-0.4, -0.2) is 64.3 Å². The Labute approximate surface area is 235 Å². The van der Waals surface area contributed by atoms with E-state index in [0.29, 0.717) is 10.0 Å². The molecular formula is C28H26ClN3O8. The van der Waals surface area contributed by atoms with Crippen molar-refractivity contribution in [1.82, 2.24) is 15.0 Å². The molecular weight excluding hydrogens is 542 g/mol. The number of ether oxygens (including phenoxy) is 3. The van der Waals surface area contributed by atoms with Gasteiger partial charge in [-0.25, -0.2) is 24.4 Å². The van der Waals surface area contributed by atoms with Gasteiger partial charge in [-0.1, -0.05) is 29.8 Å². The predicted octanol–water partition coefficient (Wildman–Crippen LogP) is 4.77. The maximum absolute atomic E-state index is 13.6. The maximum atomic E-state index is 13.6. The van der Waals surface area contributed by atoms with E-state index in [1.165, 1.54) is 55.6 Å². The average Bonchev–Trinajstić information content (AvgIpc) is 2.94. The SMILES string of the molecule is COC(=O)c1ccc(C(=O)OCOC(=O)N(C(=O)c2ccc(Cl)cc2)N(C(=O)c2ccccc2)C(C)(C)C)nc1. The lowest BCUT2D eigenvalue weighted by atomic mass is 10.1. The lowest BCUT2D eigenvalue weighted by Crippen LogP contribution is -2.60. The minimum atomic E-state index is -1.28. The van der Waals surface area contributed by atoms with Crippen LogP contribution in [0.1, 0.15) is 62.3 Å². The first-order valence-corrected chi connectivity index (χ1v) is 12.2. The number of imide groups is 1. The number of rotatable bonds is 6. The van der Waals surface area contributed by atoms with E-state index in [2.05, 4.69) is 9.72 Å². The summed E-state index contributed by atoms with van der Waals surface area (Å²) in [4.78, 5) is 68.2. The molecule has 12 heteroatoms. The first-order chi connectivity index (χ1) is 18.9. The Kier molecular flexibility index (Phi) is 9.57. The van der Waals surface area contributed by atoms with Gasteiger partial charge in [0.1, 0.15) is 5.69 Å². The van der Waals surface area contributed by atoms with Crippen molar-refractivity contribution in [2.24, 2.45) is 0 Å². The average molecular weight is 568 g/mol. The van der Waals surface area contributed by atoms with E-state index >= 15 is 0 Å². The molecule has 0 atom stereocenters. The molecule has 1 aromatic heterocycles. The minimum absolute atomic E-state index is 0.0448. The summed E-state index contributed by atoms with van der Waals surface area (Å²) >= 11 is 5.95. The van der Waals surface area contributed by atoms with E-state index in [4.69, 9.17) is 21.1 Å². The summed E-state index contributed by atoms with van der Waals surface area (Å²) in [5.41, 5.74) is -0.883. The zero-order chi connectivity index (χ0) is 29.4. The van der Waals surface area contributed by atoms with Crippen molar-refractivity contribution in [2.45, 2.75) is 26.3 Å². The predicted molar refractivity (Wildman–Crippen MR) is 142 cm³/mol. The number of esters is 2. The molecule has 3 amide bonds. The van der Waals surface area contributed by atoms with Crippen molar-refractivity contribution in [3.05, 3.63) is 100 Å². The third-order valence-corrected chi connectivity index (χ3v) is 5.52. The number of hydrogen-bond donors (Lipinski definition) is 0. The smallest absolute Gasteiger partial charge is 0.439 e. The standard InChI is InChI=1S/C28H26ClN3O8/c1-28(2,3)32(24(34)18-8-6-5-7-9-18)31(23(33)19-10-13-21(29)14-11-19)27(37)40-17-39-26(36)22-15-12-20(16-30-22)25(35)38-4/h5-16H,17H2,1-4H3. The molecule has 1 heterocycles. The number of hydrogen-bond acceptors (Lipinski definition) is 9. The molecule has 3 aromatic rings. The molecule has 0 saturated carbocycles. The third-order valence-electron chi connectivity index (χ3n) is 5.27. The highest BCUT2D eigenvalue weighted by atomic mass is 35.5. The van der Waals surface area contributed by atoms with Gasteiger partial charge in [0.2, 0.25) is 6.79 Å². The van der Waals surface area contributed by atoms with Gasteiger partial charge in [-0.3, -0.25) is 9.59 Å². The number of aromatic nitrogens is 1. The Hall–Kier alpha value is -4.77. The van der Waals surface area contributed by atoms with Gasteiger partial charge >= 0.3 is 18.0 Å². The monoisotopic (exact) mass is 567 g/mol. The molecule has 0 radical (unpaired) electrons. The highest BCUT2D eigenvalue weighted by Crippen LogP contribution is 2.24. The molecule has 3 rings (SSSR count). The molecule has 0 saturated heterocycles. The first kappa shape index (κ1) is 29.8. The number of pyridine rings is 1. The molecule has 208 valence electrons. The lowest BCUT2D eigenvalue weighted by Gasteiger charge is -2.41. The number of benzene rings is 2. The number of nitrogens with zero attached hydrogens (tertiary/aromatic N) is 3. The van der Waals surface area contributed by atoms with Crippen molar-refractivity contribution in [3.8, 4) is 0 Å². The lowest BCUT2D eigenvalue weighted by molar-refractivity contribution is -0.0586. The number of carbonyl (C=O) groups is 5. The number of carbonyl (C=O) groups excluding carboxylic acids is 5. The van der Waals surface area contributed by atoms with Gasteiger partial charge in [-0.15, -0.1) is 5.01 Å². The van der Waals surface area contributed by atoms with E-state index in [9.17, 15) is 24.0 Å². The fourth-order valence-electron chi connectivity index (χ4n) is 3.39. The molecule has 0 aliphatic heterocycles. The van der Waals surface area contributed by atoms with Gasteiger partial charge < -0.3 is 14.2 Å². The van der Waals surface area contributed by atoms with E-state index in [1.54, 1.807) is 39.0 Å². The topological polar surface area (TPSA) is 132 Å². The van der Waals surface area contributed by atoms with Crippen molar-refractivity contribution < 1.29 is 38.2 Å². The van der Waals surface area contributed by atoms with Crippen LogP contribution in [0.4, 0.5) is 4.79 Å². The van der Waals surface area contributed by atoms with Crippen molar-refractivity contribution >= 4 is 41.4 Å². The van der Waals surface area contributed by atoms with Crippen LogP contribution in [0.5, 0.6) is 0 Å². The molecule has 0 fully saturated rings.